The number of nitro groups is 1. The summed E-state index contributed by atoms with van der Waals surface area (Å²) in [5.74, 6) is -0.458. The Hall–Kier alpha value is -3.25. The Bertz CT molecular complexity index is 1110. The van der Waals surface area contributed by atoms with Gasteiger partial charge in [0.05, 0.1) is 35.0 Å². The fourth-order valence-electron chi connectivity index (χ4n) is 4.14. The first-order valence-corrected chi connectivity index (χ1v) is 11.7. The molecular formula is C22H25BrN6O5. The number of benzene rings is 1. The van der Waals surface area contributed by atoms with E-state index < -0.39 is 4.92 Å². The summed E-state index contributed by atoms with van der Waals surface area (Å²) in [4.78, 5) is 44.9. The van der Waals surface area contributed by atoms with Crippen molar-refractivity contribution >= 4 is 44.8 Å². The van der Waals surface area contributed by atoms with Gasteiger partial charge in [-0.25, -0.2) is 0 Å². The van der Waals surface area contributed by atoms with Crippen LogP contribution in [0.5, 0.6) is 0 Å². The molecule has 0 aliphatic carbocycles. The Morgan fingerprint density at radius 3 is 2.62 bits per heavy atom. The summed E-state index contributed by atoms with van der Waals surface area (Å²) in [5, 5.41) is 18.0. The first kappa shape index (κ1) is 23.9. The topological polar surface area (TPSA) is 130 Å². The lowest BCUT2D eigenvalue weighted by molar-refractivity contribution is -0.384. The number of rotatable bonds is 6. The summed E-state index contributed by atoms with van der Waals surface area (Å²) in [5.41, 5.74) is 1.39. The second kappa shape index (κ2) is 10.3. The molecule has 0 bridgehead atoms. The number of nitrogens with one attached hydrogen (secondary N) is 2. The van der Waals surface area contributed by atoms with Gasteiger partial charge in [0, 0.05) is 62.2 Å². The van der Waals surface area contributed by atoms with E-state index in [1.54, 1.807) is 35.2 Å². The lowest BCUT2D eigenvalue weighted by atomic mass is 10.1. The number of ether oxygens (including phenoxy) is 1. The molecule has 11 nitrogen and oxygen atoms in total. The van der Waals surface area contributed by atoms with Gasteiger partial charge in [-0.3, -0.25) is 24.7 Å². The smallest absolute Gasteiger partial charge is 0.294 e. The van der Waals surface area contributed by atoms with E-state index in [9.17, 15) is 19.7 Å². The summed E-state index contributed by atoms with van der Waals surface area (Å²) in [7, 11) is 1.75. The van der Waals surface area contributed by atoms with Crippen LogP contribution in [0.25, 0.3) is 0 Å². The van der Waals surface area contributed by atoms with E-state index >= 15 is 0 Å². The lowest BCUT2D eigenvalue weighted by Crippen LogP contribution is -2.41. The molecule has 4 rings (SSSR count). The standard InChI is InChI=1S/C22H25BrN6O5/c1-24-17-8-14(11-25-12-17)21(30)28-3-2-16(13-28)26-20-18(9-15(23)10-19(20)29(32)33)22(31)27-4-6-34-7-5-27/h8-12,16,24,26H,2-7,13H2,1H3. The predicted molar refractivity (Wildman–Crippen MR) is 129 cm³/mol. The highest BCUT2D eigenvalue weighted by Gasteiger charge is 2.32. The molecule has 2 N–H and O–H groups in total. The summed E-state index contributed by atoms with van der Waals surface area (Å²) in [6.45, 7) is 2.52. The first-order valence-electron chi connectivity index (χ1n) is 10.9. The van der Waals surface area contributed by atoms with E-state index in [1.807, 2.05) is 0 Å². The molecular weight excluding hydrogens is 508 g/mol. The van der Waals surface area contributed by atoms with E-state index in [1.165, 1.54) is 12.3 Å². The van der Waals surface area contributed by atoms with Crippen molar-refractivity contribution in [1.82, 2.24) is 14.8 Å². The fraction of sp³-hybridized carbons (Fsp3) is 0.409. The number of hydrogen-bond donors (Lipinski definition) is 2. The van der Waals surface area contributed by atoms with Crippen molar-refractivity contribution in [2.75, 3.05) is 57.1 Å². The van der Waals surface area contributed by atoms with Crippen molar-refractivity contribution in [3.8, 4) is 0 Å². The van der Waals surface area contributed by atoms with Gasteiger partial charge in [0.15, 0.2) is 0 Å². The van der Waals surface area contributed by atoms with E-state index in [0.717, 1.165) is 5.69 Å². The van der Waals surface area contributed by atoms with Crippen LogP contribution in [0.2, 0.25) is 0 Å². The van der Waals surface area contributed by atoms with Crippen LogP contribution in [0.4, 0.5) is 17.1 Å². The third-order valence-electron chi connectivity index (χ3n) is 5.91. The molecule has 1 atom stereocenters. The Kier molecular flexibility index (Phi) is 7.27. The second-order valence-electron chi connectivity index (χ2n) is 8.10. The van der Waals surface area contributed by atoms with Crippen LogP contribution < -0.4 is 10.6 Å². The molecule has 1 aromatic carbocycles. The summed E-state index contributed by atoms with van der Waals surface area (Å²) >= 11 is 3.30. The number of nitro benzene ring substituents is 1. The van der Waals surface area contributed by atoms with Crippen LogP contribution in [0.1, 0.15) is 27.1 Å². The number of carbonyl (C=O) groups excluding carboxylic acids is 2. The fourth-order valence-corrected chi connectivity index (χ4v) is 4.58. The molecule has 180 valence electrons. The Balaban J connectivity index is 1.56. The predicted octanol–water partition coefficient (Wildman–Crippen LogP) is 2.59. The maximum absolute atomic E-state index is 13.2. The number of anilines is 2. The largest absolute Gasteiger partial charge is 0.387 e. The SMILES string of the molecule is CNc1cncc(C(=O)N2CCC(Nc3c(C(=O)N4CCOCC4)cc(Br)cc3[N+](=O)[O-])C2)c1. The number of morpholine rings is 1. The van der Waals surface area contributed by atoms with Gasteiger partial charge in [-0.15, -0.1) is 0 Å². The van der Waals surface area contributed by atoms with Gasteiger partial charge in [0.25, 0.3) is 17.5 Å². The molecule has 3 heterocycles. The maximum atomic E-state index is 13.2. The van der Waals surface area contributed by atoms with Crippen LogP contribution in [0.15, 0.2) is 35.1 Å². The molecule has 12 heteroatoms. The third kappa shape index (κ3) is 5.12. The molecule has 1 unspecified atom stereocenters. The highest BCUT2D eigenvalue weighted by Crippen LogP contribution is 2.35. The van der Waals surface area contributed by atoms with Gasteiger partial charge in [0.1, 0.15) is 5.69 Å². The van der Waals surface area contributed by atoms with Gasteiger partial charge < -0.3 is 25.2 Å². The molecule has 1 aromatic heterocycles. The van der Waals surface area contributed by atoms with Crippen molar-refractivity contribution in [3.05, 3.63) is 56.3 Å². The minimum Gasteiger partial charge on any atom is -0.387 e. The van der Waals surface area contributed by atoms with Crippen LogP contribution in [0.3, 0.4) is 0 Å². The molecule has 0 spiro atoms. The summed E-state index contributed by atoms with van der Waals surface area (Å²) in [6, 6.07) is 4.46. The number of nitrogens with zero attached hydrogens (tertiary/aromatic N) is 4. The highest BCUT2D eigenvalue weighted by molar-refractivity contribution is 9.10. The second-order valence-corrected chi connectivity index (χ2v) is 9.02. The highest BCUT2D eigenvalue weighted by atomic mass is 79.9. The monoisotopic (exact) mass is 532 g/mol. The van der Waals surface area contributed by atoms with E-state index in [2.05, 4.69) is 31.5 Å². The number of carbonyl (C=O) groups is 2. The average molecular weight is 533 g/mol. The summed E-state index contributed by atoms with van der Waals surface area (Å²) in [6.07, 6.45) is 3.73. The van der Waals surface area contributed by atoms with Crippen molar-refractivity contribution in [3.63, 3.8) is 0 Å². The average Bonchev–Trinajstić information content (AvgIpc) is 3.33. The number of halogens is 1. The van der Waals surface area contributed by atoms with Crippen LogP contribution >= 0.6 is 15.9 Å². The zero-order valence-corrected chi connectivity index (χ0v) is 20.2. The number of amides is 2. The van der Waals surface area contributed by atoms with E-state index in [-0.39, 0.29) is 34.8 Å². The minimum atomic E-state index is -0.504. The first-order chi connectivity index (χ1) is 16.4. The normalized spacial score (nSPS) is 18.0. The minimum absolute atomic E-state index is 0.163. The van der Waals surface area contributed by atoms with Crippen LogP contribution in [0, 0.1) is 10.1 Å². The number of aromatic nitrogens is 1. The molecule has 2 amide bonds. The summed E-state index contributed by atoms with van der Waals surface area (Å²) < 4.78 is 5.77. The number of hydrogen-bond acceptors (Lipinski definition) is 8. The Morgan fingerprint density at radius 2 is 1.91 bits per heavy atom. The third-order valence-corrected chi connectivity index (χ3v) is 6.36. The lowest BCUT2D eigenvalue weighted by Gasteiger charge is -2.28. The van der Waals surface area contributed by atoms with Gasteiger partial charge in [0.2, 0.25) is 0 Å². The van der Waals surface area contributed by atoms with E-state index in [4.69, 9.17) is 4.74 Å². The van der Waals surface area contributed by atoms with Gasteiger partial charge in [-0.2, -0.15) is 0 Å². The zero-order chi connectivity index (χ0) is 24.2. The Labute approximate surface area is 204 Å². The number of pyridine rings is 1. The van der Waals surface area contributed by atoms with Crippen molar-refractivity contribution in [2.24, 2.45) is 0 Å². The molecule has 2 saturated heterocycles. The molecule has 34 heavy (non-hydrogen) atoms. The number of likely N-dealkylation sites (tertiary alicyclic amines) is 1. The zero-order valence-electron chi connectivity index (χ0n) is 18.6. The molecule has 2 aliphatic heterocycles. The van der Waals surface area contributed by atoms with Gasteiger partial charge >= 0.3 is 0 Å². The van der Waals surface area contributed by atoms with Crippen molar-refractivity contribution in [1.29, 1.82) is 0 Å². The molecule has 2 fully saturated rings. The van der Waals surface area contributed by atoms with Crippen molar-refractivity contribution in [2.45, 2.75) is 12.5 Å². The molecule has 2 aromatic rings. The van der Waals surface area contributed by atoms with E-state index in [0.29, 0.717) is 55.8 Å². The Morgan fingerprint density at radius 1 is 1.15 bits per heavy atom. The molecule has 0 radical (unpaired) electrons. The molecule has 0 saturated carbocycles. The quantitative estimate of drug-likeness (QED) is 0.428. The van der Waals surface area contributed by atoms with Crippen molar-refractivity contribution < 1.29 is 19.2 Å². The van der Waals surface area contributed by atoms with Gasteiger partial charge in [-0.05, 0) is 18.6 Å². The van der Waals surface area contributed by atoms with Crippen LogP contribution in [-0.4, -0.2) is 84.0 Å². The maximum Gasteiger partial charge on any atom is 0.294 e. The molecule has 2 aliphatic rings. The van der Waals surface area contributed by atoms with Gasteiger partial charge in [-0.1, -0.05) is 15.9 Å². The van der Waals surface area contributed by atoms with Crippen LogP contribution in [-0.2, 0) is 4.74 Å².